The Morgan fingerprint density at radius 1 is 1.35 bits per heavy atom. The van der Waals surface area contributed by atoms with Crippen LogP contribution in [0.3, 0.4) is 0 Å². The van der Waals surface area contributed by atoms with E-state index in [-0.39, 0.29) is 17.9 Å². The first-order chi connectivity index (χ1) is 10.5. The number of rotatable bonds is 7. The Labute approximate surface area is 134 Å². The van der Waals surface area contributed by atoms with E-state index >= 15 is 0 Å². The van der Waals surface area contributed by atoms with Crippen LogP contribution in [0.4, 0.5) is 5.69 Å². The molecule has 1 rings (SSSR count). The molecular formula is C14H20N2O6S. The van der Waals surface area contributed by atoms with Crippen LogP contribution in [-0.4, -0.2) is 30.5 Å². The van der Waals surface area contributed by atoms with Crippen LogP contribution in [0, 0.1) is 29.9 Å². The summed E-state index contributed by atoms with van der Waals surface area (Å²) in [4.78, 5) is 21.1. The summed E-state index contributed by atoms with van der Waals surface area (Å²) in [5.41, 5.74) is 0.210. The number of hydrogen-bond acceptors (Lipinski definition) is 5. The molecule has 128 valence electrons. The number of aryl methyl sites for hydroxylation is 1. The van der Waals surface area contributed by atoms with E-state index in [0.29, 0.717) is 5.56 Å². The van der Waals surface area contributed by atoms with Crippen molar-refractivity contribution in [2.24, 2.45) is 5.92 Å². The molecule has 0 amide bonds. The van der Waals surface area contributed by atoms with Crippen molar-refractivity contribution >= 4 is 21.7 Å². The van der Waals surface area contributed by atoms with Gasteiger partial charge in [-0.05, 0) is 37.3 Å². The molecule has 9 heteroatoms. The standard InChI is InChI=1S/C14H20N2O6S/c1-8(2)7-11(14(17)18)15-23(21,22)13-10(4)9(3)5-6-12(13)16(19)20/h5-6,8,11,15H,7H2,1-4H3,(H,17,18)/t11-/m0/s1. The molecule has 0 heterocycles. The number of benzene rings is 1. The number of hydrogen-bond donors (Lipinski definition) is 2. The molecule has 1 aromatic rings. The fourth-order valence-corrected chi connectivity index (χ4v) is 3.85. The van der Waals surface area contributed by atoms with E-state index < -0.39 is 37.5 Å². The molecule has 2 N–H and O–H groups in total. The fraction of sp³-hybridized carbons (Fsp3) is 0.500. The smallest absolute Gasteiger partial charge is 0.321 e. The van der Waals surface area contributed by atoms with E-state index in [4.69, 9.17) is 0 Å². The van der Waals surface area contributed by atoms with Gasteiger partial charge in [-0.3, -0.25) is 14.9 Å². The highest BCUT2D eigenvalue weighted by Gasteiger charge is 2.33. The van der Waals surface area contributed by atoms with Crippen molar-refractivity contribution in [2.45, 2.75) is 45.1 Å². The minimum Gasteiger partial charge on any atom is -0.480 e. The maximum Gasteiger partial charge on any atom is 0.321 e. The second kappa shape index (κ2) is 7.05. The molecule has 0 aliphatic rings. The molecule has 1 atom stereocenters. The van der Waals surface area contributed by atoms with Crippen LogP contribution in [0.15, 0.2) is 17.0 Å². The summed E-state index contributed by atoms with van der Waals surface area (Å²) in [5, 5.41) is 20.3. The van der Waals surface area contributed by atoms with Gasteiger partial charge in [-0.2, -0.15) is 4.72 Å². The third-order valence-corrected chi connectivity index (χ3v) is 5.07. The van der Waals surface area contributed by atoms with E-state index in [9.17, 15) is 28.4 Å². The highest BCUT2D eigenvalue weighted by atomic mass is 32.2. The van der Waals surface area contributed by atoms with Crippen LogP contribution in [0.25, 0.3) is 0 Å². The van der Waals surface area contributed by atoms with Gasteiger partial charge in [0.1, 0.15) is 6.04 Å². The summed E-state index contributed by atoms with van der Waals surface area (Å²) in [6.07, 6.45) is 0.0766. The number of carbonyl (C=O) groups is 1. The maximum absolute atomic E-state index is 12.5. The van der Waals surface area contributed by atoms with Crippen molar-refractivity contribution in [2.75, 3.05) is 0 Å². The number of nitro groups is 1. The Bertz CT molecular complexity index is 727. The number of carboxylic acid groups (broad SMARTS) is 1. The first kappa shape index (κ1) is 19.0. The lowest BCUT2D eigenvalue weighted by atomic mass is 10.1. The van der Waals surface area contributed by atoms with E-state index in [1.807, 2.05) is 0 Å². The Morgan fingerprint density at radius 3 is 2.35 bits per heavy atom. The van der Waals surface area contributed by atoms with Crippen molar-refractivity contribution in [1.82, 2.24) is 4.72 Å². The van der Waals surface area contributed by atoms with Gasteiger partial charge in [-0.1, -0.05) is 19.9 Å². The van der Waals surface area contributed by atoms with Crippen LogP contribution in [0.2, 0.25) is 0 Å². The Balaban J connectivity index is 3.41. The van der Waals surface area contributed by atoms with Gasteiger partial charge in [-0.25, -0.2) is 8.42 Å². The van der Waals surface area contributed by atoms with Crippen molar-refractivity contribution in [3.63, 3.8) is 0 Å². The van der Waals surface area contributed by atoms with Crippen LogP contribution < -0.4 is 4.72 Å². The van der Waals surface area contributed by atoms with Crippen molar-refractivity contribution in [3.8, 4) is 0 Å². The third kappa shape index (κ3) is 4.49. The molecule has 0 saturated heterocycles. The molecule has 0 spiro atoms. The minimum atomic E-state index is -4.35. The monoisotopic (exact) mass is 344 g/mol. The van der Waals surface area contributed by atoms with Crippen molar-refractivity contribution < 1.29 is 23.2 Å². The lowest BCUT2D eigenvalue weighted by molar-refractivity contribution is -0.387. The predicted molar refractivity (Wildman–Crippen MR) is 83.8 cm³/mol. The molecule has 0 radical (unpaired) electrons. The lowest BCUT2D eigenvalue weighted by Crippen LogP contribution is -2.42. The summed E-state index contributed by atoms with van der Waals surface area (Å²) in [6.45, 7) is 6.59. The summed E-state index contributed by atoms with van der Waals surface area (Å²) in [7, 11) is -4.35. The topological polar surface area (TPSA) is 127 Å². The maximum atomic E-state index is 12.5. The molecule has 0 saturated carbocycles. The van der Waals surface area contributed by atoms with Gasteiger partial charge in [0, 0.05) is 6.07 Å². The summed E-state index contributed by atoms with van der Waals surface area (Å²) in [5.74, 6) is -1.39. The molecular weight excluding hydrogens is 324 g/mol. The first-order valence-electron chi connectivity index (χ1n) is 6.97. The van der Waals surface area contributed by atoms with E-state index in [2.05, 4.69) is 4.72 Å². The van der Waals surface area contributed by atoms with Crippen LogP contribution >= 0.6 is 0 Å². The largest absolute Gasteiger partial charge is 0.480 e. The van der Waals surface area contributed by atoms with E-state index in [1.54, 1.807) is 20.8 Å². The number of nitrogens with zero attached hydrogens (tertiary/aromatic N) is 1. The van der Waals surface area contributed by atoms with Gasteiger partial charge in [0.05, 0.1) is 4.92 Å². The van der Waals surface area contributed by atoms with Crippen molar-refractivity contribution in [3.05, 3.63) is 33.4 Å². The van der Waals surface area contributed by atoms with Crippen LogP contribution in [0.1, 0.15) is 31.4 Å². The van der Waals surface area contributed by atoms with Crippen LogP contribution in [-0.2, 0) is 14.8 Å². The highest BCUT2D eigenvalue weighted by molar-refractivity contribution is 7.89. The highest BCUT2D eigenvalue weighted by Crippen LogP contribution is 2.29. The minimum absolute atomic E-state index is 0.0626. The molecule has 0 bridgehead atoms. The zero-order valence-electron chi connectivity index (χ0n) is 13.4. The zero-order chi connectivity index (χ0) is 17.9. The Hall–Kier alpha value is -2.00. The van der Waals surface area contributed by atoms with E-state index in [1.165, 1.54) is 13.0 Å². The lowest BCUT2D eigenvalue weighted by Gasteiger charge is -2.18. The molecule has 0 aromatic heterocycles. The second-order valence-corrected chi connectivity index (χ2v) is 7.41. The number of nitrogens with one attached hydrogen (secondary N) is 1. The van der Waals surface area contributed by atoms with Gasteiger partial charge in [0.25, 0.3) is 5.69 Å². The first-order valence-corrected chi connectivity index (χ1v) is 8.45. The molecule has 0 aliphatic heterocycles. The summed E-state index contributed by atoms with van der Waals surface area (Å²) in [6, 6.07) is 1.21. The van der Waals surface area contributed by atoms with E-state index in [0.717, 1.165) is 6.07 Å². The SMILES string of the molecule is Cc1ccc([N+](=O)[O-])c(S(=O)(=O)N[C@@H](CC(C)C)C(=O)O)c1C. The fourth-order valence-electron chi connectivity index (χ4n) is 2.18. The zero-order valence-corrected chi connectivity index (χ0v) is 14.2. The van der Waals surface area contributed by atoms with Gasteiger partial charge < -0.3 is 5.11 Å². The molecule has 0 unspecified atom stereocenters. The molecule has 0 aliphatic carbocycles. The number of nitro benzene ring substituents is 1. The van der Waals surface area contributed by atoms with Crippen molar-refractivity contribution in [1.29, 1.82) is 0 Å². The quantitative estimate of drug-likeness (QED) is 0.575. The molecule has 8 nitrogen and oxygen atoms in total. The predicted octanol–water partition coefficient (Wildman–Crippen LogP) is 1.99. The third-order valence-electron chi connectivity index (χ3n) is 3.42. The number of sulfonamides is 1. The summed E-state index contributed by atoms with van der Waals surface area (Å²) < 4.78 is 27.2. The average Bonchev–Trinajstić information content (AvgIpc) is 2.39. The normalized spacial score (nSPS) is 13.1. The van der Waals surface area contributed by atoms with Gasteiger partial charge >= 0.3 is 5.97 Å². The van der Waals surface area contributed by atoms with Crippen LogP contribution in [0.5, 0.6) is 0 Å². The number of aliphatic carboxylic acids is 1. The molecule has 1 aromatic carbocycles. The molecule has 0 fully saturated rings. The van der Waals surface area contributed by atoms with Gasteiger partial charge in [0.2, 0.25) is 10.0 Å². The Morgan fingerprint density at radius 2 is 1.91 bits per heavy atom. The van der Waals surface area contributed by atoms with Gasteiger partial charge in [0.15, 0.2) is 4.90 Å². The second-order valence-electron chi connectivity index (χ2n) is 5.75. The average molecular weight is 344 g/mol. The Kier molecular flexibility index (Phi) is 5.84. The molecule has 23 heavy (non-hydrogen) atoms. The number of carboxylic acids is 1. The van der Waals surface area contributed by atoms with Gasteiger partial charge in [-0.15, -0.1) is 0 Å². The summed E-state index contributed by atoms with van der Waals surface area (Å²) >= 11 is 0.